The molecule has 0 aliphatic rings. The molecule has 0 spiro atoms. The lowest BCUT2D eigenvalue weighted by molar-refractivity contribution is -0.122. The van der Waals surface area contributed by atoms with Crippen molar-refractivity contribution in [2.75, 3.05) is 0 Å². The molecule has 1 aromatic carbocycles. The fourth-order valence-electron chi connectivity index (χ4n) is 2.77. The van der Waals surface area contributed by atoms with Crippen molar-refractivity contribution in [3.8, 4) is 0 Å². The van der Waals surface area contributed by atoms with Gasteiger partial charge in [-0.1, -0.05) is 44.9 Å². The molecule has 108 valence electrons. The summed E-state index contributed by atoms with van der Waals surface area (Å²) in [7, 11) is 1.94. The molecule has 0 radical (unpaired) electrons. The average molecular weight is 272 g/mol. The first-order chi connectivity index (χ1) is 9.67. The maximum absolute atomic E-state index is 12.5. The van der Waals surface area contributed by atoms with E-state index in [0.29, 0.717) is 12.2 Å². The van der Waals surface area contributed by atoms with E-state index in [1.807, 2.05) is 29.9 Å². The minimum absolute atomic E-state index is 0.190. The van der Waals surface area contributed by atoms with Gasteiger partial charge in [0.05, 0.1) is 17.6 Å². The number of Topliss-reactive ketones (excluding diaryl/α,β-unsaturated/α-hetero) is 1. The Hall–Kier alpha value is -1.64. The van der Waals surface area contributed by atoms with Gasteiger partial charge >= 0.3 is 0 Å². The molecule has 20 heavy (non-hydrogen) atoms. The highest BCUT2D eigenvalue weighted by molar-refractivity contribution is 5.89. The van der Waals surface area contributed by atoms with Crippen LogP contribution in [0.25, 0.3) is 10.9 Å². The molecule has 0 fully saturated rings. The van der Waals surface area contributed by atoms with Gasteiger partial charge in [-0.2, -0.15) is 5.10 Å². The van der Waals surface area contributed by atoms with Crippen LogP contribution in [0.1, 0.15) is 45.2 Å². The van der Waals surface area contributed by atoms with Gasteiger partial charge in [0.1, 0.15) is 5.78 Å². The Morgan fingerprint density at radius 3 is 2.75 bits per heavy atom. The van der Waals surface area contributed by atoms with Gasteiger partial charge in [0.25, 0.3) is 0 Å². The quantitative estimate of drug-likeness (QED) is 0.766. The molecule has 1 heterocycles. The van der Waals surface area contributed by atoms with E-state index in [2.05, 4.69) is 25.0 Å². The monoisotopic (exact) mass is 272 g/mol. The van der Waals surface area contributed by atoms with Gasteiger partial charge in [-0.05, 0) is 18.9 Å². The van der Waals surface area contributed by atoms with Crippen LogP contribution in [0, 0.1) is 5.92 Å². The average Bonchev–Trinajstić information content (AvgIpc) is 2.77. The molecule has 3 nitrogen and oxygen atoms in total. The molecule has 0 saturated heterocycles. The lowest BCUT2D eigenvalue weighted by Gasteiger charge is -2.12. The molecule has 1 unspecified atom stereocenters. The lowest BCUT2D eigenvalue weighted by Crippen LogP contribution is -2.16. The van der Waals surface area contributed by atoms with Crippen molar-refractivity contribution in [2.24, 2.45) is 13.0 Å². The lowest BCUT2D eigenvalue weighted by atomic mass is 9.92. The minimum atomic E-state index is 0.190. The van der Waals surface area contributed by atoms with E-state index < -0.39 is 0 Å². The zero-order valence-corrected chi connectivity index (χ0v) is 12.7. The molecule has 0 N–H and O–H groups in total. The Bertz CT molecular complexity index is 586. The normalized spacial score (nSPS) is 12.8. The number of aromatic nitrogens is 2. The highest BCUT2D eigenvalue weighted by Gasteiger charge is 2.19. The van der Waals surface area contributed by atoms with Crippen molar-refractivity contribution in [3.05, 3.63) is 30.0 Å². The fourth-order valence-corrected chi connectivity index (χ4v) is 2.77. The summed E-state index contributed by atoms with van der Waals surface area (Å²) in [5, 5.41) is 5.63. The molecule has 0 aliphatic carbocycles. The Morgan fingerprint density at radius 2 is 2.05 bits per heavy atom. The molecule has 2 rings (SSSR count). The summed E-state index contributed by atoms with van der Waals surface area (Å²) in [5.41, 5.74) is 2.01. The van der Waals surface area contributed by atoms with Crippen LogP contribution in [0.15, 0.2) is 24.3 Å². The first-order valence-corrected chi connectivity index (χ1v) is 7.60. The van der Waals surface area contributed by atoms with Crippen LogP contribution in [-0.2, 0) is 18.3 Å². The van der Waals surface area contributed by atoms with Crippen LogP contribution in [-0.4, -0.2) is 15.6 Å². The van der Waals surface area contributed by atoms with Crippen LogP contribution in [0.3, 0.4) is 0 Å². The number of rotatable bonds is 7. The number of benzene rings is 1. The van der Waals surface area contributed by atoms with Gasteiger partial charge in [-0.25, -0.2) is 0 Å². The summed E-state index contributed by atoms with van der Waals surface area (Å²) >= 11 is 0. The number of hydrogen-bond acceptors (Lipinski definition) is 2. The molecule has 0 amide bonds. The van der Waals surface area contributed by atoms with E-state index in [9.17, 15) is 4.79 Å². The van der Waals surface area contributed by atoms with Crippen molar-refractivity contribution in [2.45, 2.75) is 46.0 Å². The predicted molar refractivity (Wildman–Crippen MR) is 82.7 cm³/mol. The molecular formula is C17H24N2O. The van der Waals surface area contributed by atoms with Crippen molar-refractivity contribution < 1.29 is 4.79 Å². The highest BCUT2D eigenvalue weighted by Crippen LogP contribution is 2.21. The summed E-state index contributed by atoms with van der Waals surface area (Å²) in [6.07, 6.45) is 4.69. The zero-order valence-electron chi connectivity index (χ0n) is 12.7. The second-order valence-corrected chi connectivity index (χ2v) is 5.48. The fraction of sp³-hybridized carbons (Fsp3) is 0.529. The Balaban J connectivity index is 2.17. The third kappa shape index (κ3) is 3.09. The first-order valence-electron chi connectivity index (χ1n) is 7.60. The number of carbonyl (C=O) groups excluding carboxylic acids is 1. The topological polar surface area (TPSA) is 34.9 Å². The molecule has 3 heteroatoms. The molecule has 2 aromatic rings. The number of fused-ring (bicyclic) bond motifs is 1. The molecule has 1 atom stereocenters. The predicted octanol–water partition coefficient (Wildman–Crippen LogP) is 3.90. The van der Waals surface area contributed by atoms with Crippen LogP contribution in [0.5, 0.6) is 0 Å². The highest BCUT2D eigenvalue weighted by atomic mass is 16.1. The van der Waals surface area contributed by atoms with E-state index in [0.717, 1.165) is 42.3 Å². The maximum Gasteiger partial charge on any atom is 0.141 e. The Labute approximate surface area is 121 Å². The van der Waals surface area contributed by atoms with Gasteiger partial charge in [0.15, 0.2) is 0 Å². The van der Waals surface area contributed by atoms with Crippen molar-refractivity contribution in [3.63, 3.8) is 0 Å². The number of hydrogen-bond donors (Lipinski definition) is 0. The number of carbonyl (C=O) groups is 1. The number of unbranched alkanes of at least 4 members (excludes halogenated alkanes) is 1. The van der Waals surface area contributed by atoms with Gasteiger partial charge < -0.3 is 0 Å². The van der Waals surface area contributed by atoms with E-state index in [1.54, 1.807) is 0 Å². The van der Waals surface area contributed by atoms with Gasteiger partial charge in [-0.3, -0.25) is 9.48 Å². The second-order valence-electron chi connectivity index (χ2n) is 5.48. The molecular weight excluding hydrogens is 248 g/mol. The van der Waals surface area contributed by atoms with Crippen LogP contribution in [0.4, 0.5) is 0 Å². The molecule has 0 bridgehead atoms. The maximum atomic E-state index is 12.5. The zero-order chi connectivity index (χ0) is 14.5. The van der Waals surface area contributed by atoms with Crippen molar-refractivity contribution in [1.82, 2.24) is 9.78 Å². The smallest absolute Gasteiger partial charge is 0.141 e. The Kier molecular flexibility index (Phi) is 4.94. The first kappa shape index (κ1) is 14.8. The van der Waals surface area contributed by atoms with Gasteiger partial charge in [0.2, 0.25) is 0 Å². The van der Waals surface area contributed by atoms with E-state index in [1.165, 1.54) is 0 Å². The minimum Gasteiger partial charge on any atom is -0.299 e. The van der Waals surface area contributed by atoms with Crippen LogP contribution >= 0.6 is 0 Å². The number of para-hydroxylation sites is 1. The number of aryl methyl sites for hydroxylation is 1. The largest absolute Gasteiger partial charge is 0.299 e. The van der Waals surface area contributed by atoms with Crippen LogP contribution < -0.4 is 0 Å². The summed E-state index contributed by atoms with van der Waals surface area (Å²) in [6.45, 7) is 4.28. The summed E-state index contributed by atoms with van der Waals surface area (Å²) in [4.78, 5) is 12.5. The summed E-state index contributed by atoms with van der Waals surface area (Å²) < 4.78 is 1.87. The van der Waals surface area contributed by atoms with E-state index in [-0.39, 0.29) is 5.92 Å². The molecule has 0 aliphatic heterocycles. The SMILES string of the molecule is CCCCC(CC)C(=O)Cc1nn(C)c2ccccc12. The standard InChI is InChI=1S/C17H24N2O/c1-4-6-9-13(5-2)17(20)12-15-14-10-7-8-11-16(14)19(3)18-15/h7-8,10-11,13H,4-6,9,12H2,1-3H3. The third-order valence-corrected chi connectivity index (χ3v) is 4.03. The van der Waals surface area contributed by atoms with Crippen molar-refractivity contribution in [1.29, 1.82) is 0 Å². The van der Waals surface area contributed by atoms with Gasteiger partial charge in [-0.15, -0.1) is 0 Å². The molecule has 0 saturated carbocycles. The van der Waals surface area contributed by atoms with E-state index >= 15 is 0 Å². The van der Waals surface area contributed by atoms with Crippen molar-refractivity contribution >= 4 is 16.7 Å². The second kappa shape index (κ2) is 6.69. The number of nitrogens with zero attached hydrogens (tertiary/aromatic N) is 2. The summed E-state index contributed by atoms with van der Waals surface area (Å²) in [6, 6.07) is 8.11. The third-order valence-electron chi connectivity index (χ3n) is 4.03. The number of ketones is 1. The summed E-state index contributed by atoms with van der Waals surface area (Å²) in [5.74, 6) is 0.528. The van der Waals surface area contributed by atoms with E-state index in [4.69, 9.17) is 0 Å². The molecule has 1 aromatic heterocycles. The Morgan fingerprint density at radius 1 is 1.30 bits per heavy atom. The van der Waals surface area contributed by atoms with Crippen LogP contribution in [0.2, 0.25) is 0 Å². The van der Waals surface area contributed by atoms with Gasteiger partial charge in [0, 0.05) is 18.4 Å².